The Balaban J connectivity index is 1.95. The summed E-state index contributed by atoms with van der Waals surface area (Å²) in [6, 6.07) is 10.7. The lowest BCUT2D eigenvalue weighted by atomic mass is 10.1. The van der Waals surface area contributed by atoms with Gasteiger partial charge in [0.05, 0.1) is 6.04 Å². The Kier molecular flexibility index (Phi) is 6.34. The van der Waals surface area contributed by atoms with Crippen molar-refractivity contribution in [1.82, 2.24) is 10.2 Å². The van der Waals surface area contributed by atoms with Crippen LogP contribution in [0.15, 0.2) is 30.3 Å². The van der Waals surface area contributed by atoms with Crippen LogP contribution in [0.5, 0.6) is 0 Å². The smallest absolute Gasteiger partial charge is 0.220 e. The van der Waals surface area contributed by atoms with E-state index >= 15 is 0 Å². The molecular formula is C16H23ClN2O. The van der Waals surface area contributed by atoms with E-state index in [-0.39, 0.29) is 5.91 Å². The maximum Gasteiger partial charge on any atom is 0.220 e. The Labute approximate surface area is 126 Å². The summed E-state index contributed by atoms with van der Waals surface area (Å²) >= 11 is 5.62. The van der Waals surface area contributed by atoms with Gasteiger partial charge in [-0.3, -0.25) is 9.69 Å². The second kappa shape index (κ2) is 8.28. The van der Waals surface area contributed by atoms with E-state index in [1.54, 1.807) is 0 Å². The van der Waals surface area contributed by atoms with E-state index in [2.05, 4.69) is 34.5 Å². The summed E-state index contributed by atoms with van der Waals surface area (Å²) in [5, 5.41) is 3.05. The quantitative estimate of drug-likeness (QED) is 0.784. The molecule has 0 bridgehead atoms. The molecule has 1 atom stereocenters. The van der Waals surface area contributed by atoms with Crippen molar-refractivity contribution < 1.29 is 4.79 Å². The molecule has 0 radical (unpaired) electrons. The third-order valence-corrected chi connectivity index (χ3v) is 4.06. The van der Waals surface area contributed by atoms with Crippen LogP contribution in [0.25, 0.3) is 0 Å². The molecule has 1 fully saturated rings. The van der Waals surface area contributed by atoms with Crippen LogP contribution >= 0.6 is 11.6 Å². The zero-order valence-electron chi connectivity index (χ0n) is 11.9. The molecule has 4 heteroatoms. The lowest BCUT2D eigenvalue weighted by Crippen LogP contribution is -2.36. The van der Waals surface area contributed by atoms with Gasteiger partial charge in [0.25, 0.3) is 0 Å². The molecule has 20 heavy (non-hydrogen) atoms. The van der Waals surface area contributed by atoms with E-state index in [0.29, 0.717) is 24.9 Å². The van der Waals surface area contributed by atoms with E-state index in [0.717, 1.165) is 19.5 Å². The molecule has 1 amide bonds. The lowest BCUT2D eigenvalue weighted by molar-refractivity contribution is -0.121. The molecule has 0 spiro atoms. The summed E-state index contributed by atoms with van der Waals surface area (Å²) in [5.41, 5.74) is 1.28. The van der Waals surface area contributed by atoms with E-state index in [1.807, 2.05) is 6.07 Å². The first-order valence-corrected chi connectivity index (χ1v) is 7.96. The molecule has 1 unspecified atom stereocenters. The molecule has 0 aliphatic carbocycles. The number of rotatable bonds is 7. The zero-order valence-corrected chi connectivity index (χ0v) is 12.6. The van der Waals surface area contributed by atoms with E-state index in [9.17, 15) is 4.79 Å². The van der Waals surface area contributed by atoms with Gasteiger partial charge in [-0.2, -0.15) is 0 Å². The molecule has 110 valence electrons. The van der Waals surface area contributed by atoms with Gasteiger partial charge in [0.1, 0.15) is 0 Å². The van der Waals surface area contributed by atoms with Crippen LogP contribution < -0.4 is 5.32 Å². The zero-order chi connectivity index (χ0) is 14.2. The first kappa shape index (κ1) is 15.3. The maximum atomic E-state index is 11.8. The topological polar surface area (TPSA) is 32.3 Å². The minimum Gasteiger partial charge on any atom is -0.354 e. The molecule has 1 aromatic rings. The van der Waals surface area contributed by atoms with E-state index in [4.69, 9.17) is 11.6 Å². The number of hydrogen-bond acceptors (Lipinski definition) is 2. The number of carbonyl (C=O) groups is 1. The minimum atomic E-state index is 0.103. The number of nitrogens with zero attached hydrogens (tertiary/aromatic N) is 1. The molecule has 1 heterocycles. The second-order valence-corrected chi connectivity index (χ2v) is 5.64. The molecule has 0 aromatic heterocycles. The standard InChI is InChI=1S/C16H23ClN2O/c17-10-6-9-16(20)18-13-15(19-11-4-5-12-19)14-7-2-1-3-8-14/h1-3,7-8,15H,4-6,9-13H2,(H,18,20). The van der Waals surface area contributed by atoms with Gasteiger partial charge >= 0.3 is 0 Å². The van der Waals surface area contributed by atoms with Crippen LogP contribution in [0, 0.1) is 0 Å². The van der Waals surface area contributed by atoms with Crippen molar-refractivity contribution in [2.75, 3.05) is 25.5 Å². The normalized spacial score (nSPS) is 17.1. The van der Waals surface area contributed by atoms with Crippen molar-refractivity contribution in [3.63, 3.8) is 0 Å². The molecule has 0 saturated carbocycles. The molecule has 1 N–H and O–H groups in total. The highest BCUT2D eigenvalue weighted by Gasteiger charge is 2.23. The largest absolute Gasteiger partial charge is 0.354 e. The van der Waals surface area contributed by atoms with Gasteiger partial charge in [-0.05, 0) is 37.9 Å². The lowest BCUT2D eigenvalue weighted by Gasteiger charge is -2.28. The average molecular weight is 295 g/mol. The summed E-state index contributed by atoms with van der Waals surface area (Å²) < 4.78 is 0. The second-order valence-electron chi connectivity index (χ2n) is 5.27. The molecule has 1 aromatic carbocycles. The van der Waals surface area contributed by atoms with Gasteiger partial charge in [0, 0.05) is 18.8 Å². The predicted octanol–water partition coefficient (Wildman–Crippen LogP) is 2.96. The van der Waals surface area contributed by atoms with Crippen molar-refractivity contribution in [2.45, 2.75) is 31.7 Å². The van der Waals surface area contributed by atoms with Crippen LogP contribution in [0.2, 0.25) is 0 Å². The highest BCUT2D eigenvalue weighted by atomic mass is 35.5. The molecule has 3 nitrogen and oxygen atoms in total. The fourth-order valence-corrected chi connectivity index (χ4v) is 2.85. The number of benzene rings is 1. The van der Waals surface area contributed by atoms with Crippen molar-refractivity contribution in [3.05, 3.63) is 35.9 Å². The number of likely N-dealkylation sites (tertiary alicyclic amines) is 1. The van der Waals surface area contributed by atoms with Gasteiger partial charge in [-0.1, -0.05) is 30.3 Å². The predicted molar refractivity (Wildman–Crippen MR) is 83.0 cm³/mol. The van der Waals surface area contributed by atoms with Gasteiger partial charge in [-0.25, -0.2) is 0 Å². The van der Waals surface area contributed by atoms with Gasteiger partial charge in [0.2, 0.25) is 5.91 Å². The number of halogens is 1. The Bertz CT molecular complexity index is 404. The number of alkyl halides is 1. The Morgan fingerprint density at radius 3 is 2.60 bits per heavy atom. The maximum absolute atomic E-state index is 11.8. The molecule has 1 aliphatic heterocycles. The van der Waals surface area contributed by atoms with Crippen LogP contribution in [0.3, 0.4) is 0 Å². The van der Waals surface area contributed by atoms with Crippen molar-refractivity contribution in [3.8, 4) is 0 Å². The number of carbonyl (C=O) groups excluding carboxylic acids is 1. The monoisotopic (exact) mass is 294 g/mol. The van der Waals surface area contributed by atoms with Crippen molar-refractivity contribution in [2.24, 2.45) is 0 Å². The summed E-state index contributed by atoms with van der Waals surface area (Å²) in [7, 11) is 0. The average Bonchev–Trinajstić information content (AvgIpc) is 3.00. The van der Waals surface area contributed by atoms with Crippen LogP contribution in [0.4, 0.5) is 0 Å². The molecule has 2 rings (SSSR count). The Hall–Kier alpha value is -1.06. The van der Waals surface area contributed by atoms with Crippen LogP contribution in [-0.4, -0.2) is 36.3 Å². The van der Waals surface area contributed by atoms with E-state index in [1.165, 1.54) is 18.4 Å². The van der Waals surface area contributed by atoms with Gasteiger partial charge in [-0.15, -0.1) is 11.6 Å². The molecular weight excluding hydrogens is 272 g/mol. The SMILES string of the molecule is O=C(CCCCl)NCC(c1ccccc1)N1CCCC1. The molecule has 1 saturated heterocycles. The Morgan fingerprint density at radius 1 is 1.25 bits per heavy atom. The van der Waals surface area contributed by atoms with E-state index < -0.39 is 0 Å². The minimum absolute atomic E-state index is 0.103. The third-order valence-electron chi connectivity index (χ3n) is 3.80. The fraction of sp³-hybridized carbons (Fsp3) is 0.562. The summed E-state index contributed by atoms with van der Waals surface area (Å²) in [4.78, 5) is 14.2. The summed E-state index contributed by atoms with van der Waals surface area (Å²) in [6.07, 6.45) is 3.77. The Morgan fingerprint density at radius 2 is 1.95 bits per heavy atom. The van der Waals surface area contributed by atoms with Gasteiger partial charge in [0.15, 0.2) is 0 Å². The fourth-order valence-electron chi connectivity index (χ4n) is 2.71. The van der Waals surface area contributed by atoms with Crippen molar-refractivity contribution >= 4 is 17.5 Å². The summed E-state index contributed by atoms with van der Waals surface area (Å²) in [5.74, 6) is 0.646. The molecule has 1 aliphatic rings. The third kappa shape index (κ3) is 4.50. The highest BCUT2D eigenvalue weighted by molar-refractivity contribution is 6.17. The van der Waals surface area contributed by atoms with Gasteiger partial charge < -0.3 is 5.32 Å². The first-order chi connectivity index (χ1) is 9.81. The van der Waals surface area contributed by atoms with Crippen LogP contribution in [0.1, 0.15) is 37.3 Å². The van der Waals surface area contributed by atoms with Crippen molar-refractivity contribution in [1.29, 1.82) is 0 Å². The van der Waals surface area contributed by atoms with Crippen LogP contribution in [-0.2, 0) is 4.79 Å². The number of amides is 1. The first-order valence-electron chi connectivity index (χ1n) is 7.43. The number of nitrogens with one attached hydrogen (secondary N) is 1. The summed E-state index contributed by atoms with van der Waals surface area (Å²) in [6.45, 7) is 2.93. The highest BCUT2D eigenvalue weighted by Crippen LogP contribution is 2.24. The number of hydrogen-bond donors (Lipinski definition) is 1.